The van der Waals surface area contributed by atoms with Gasteiger partial charge in [-0.05, 0) is 30.5 Å². The normalized spacial score (nSPS) is 14.2. The molecule has 0 aliphatic carbocycles. The van der Waals surface area contributed by atoms with Crippen LogP contribution in [0.1, 0.15) is 29.7 Å². The van der Waals surface area contributed by atoms with Crippen molar-refractivity contribution in [2.45, 2.75) is 30.8 Å². The number of anilines is 1. The maximum absolute atomic E-state index is 12.6. The molecule has 3 aromatic rings. The third-order valence-corrected chi connectivity index (χ3v) is 6.50. The van der Waals surface area contributed by atoms with Crippen molar-refractivity contribution in [3.05, 3.63) is 81.5 Å². The van der Waals surface area contributed by atoms with Crippen LogP contribution in [0.4, 0.5) is 11.5 Å². The number of aryl methyl sites for hydroxylation is 1. The fraction of sp³-hybridized carbons (Fsp3) is 0.238. The van der Waals surface area contributed by atoms with Crippen LogP contribution in [0.25, 0.3) is 5.69 Å². The van der Waals surface area contributed by atoms with Crippen LogP contribution < -0.4 is 5.32 Å². The molecular formula is C21H20N4O5S. The number of nitrogens with one attached hydrogen (secondary N) is 1. The minimum Gasteiger partial charge on any atom is -0.310 e. The van der Waals surface area contributed by atoms with Gasteiger partial charge in [0.1, 0.15) is 5.82 Å². The topological polar surface area (TPSA) is 124 Å². The second kappa shape index (κ2) is 8.31. The van der Waals surface area contributed by atoms with E-state index in [-0.39, 0.29) is 29.5 Å². The molecule has 0 spiro atoms. The highest BCUT2D eigenvalue weighted by molar-refractivity contribution is 7.90. The van der Waals surface area contributed by atoms with E-state index in [9.17, 15) is 23.3 Å². The summed E-state index contributed by atoms with van der Waals surface area (Å²) in [7, 11) is -3.31. The Morgan fingerprint density at radius 1 is 1.10 bits per heavy atom. The summed E-state index contributed by atoms with van der Waals surface area (Å²) in [6, 6.07) is 15.5. The number of carbonyl (C=O) groups excluding carboxylic acids is 1. The molecule has 10 heteroatoms. The van der Waals surface area contributed by atoms with E-state index in [0.29, 0.717) is 29.2 Å². The van der Waals surface area contributed by atoms with E-state index < -0.39 is 14.8 Å². The summed E-state index contributed by atoms with van der Waals surface area (Å²) in [4.78, 5) is 23.0. The molecule has 2 aromatic carbocycles. The lowest BCUT2D eigenvalue weighted by molar-refractivity contribution is -0.384. The summed E-state index contributed by atoms with van der Waals surface area (Å²) in [5.41, 5.74) is 2.42. The first-order valence-electron chi connectivity index (χ1n) is 9.72. The van der Waals surface area contributed by atoms with Gasteiger partial charge < -0.3 is 5.32 Å². The number of amides is 1. The number of aromatic nitrogens is 2. The molecule has 4 rings (SSSR count). The molecule has 0 radical (unpaired) electrons. The van der Waals surface area contributed by atoms with Crippen LogP contribution in [0.3, 0.4) is 0 Å². The molecule has 160 valence electrons. The predicted octanol–water partition coefficient (Wildman–Crippen LogP) is 3.17. The van der Waals surface area contributed by atoms with Crippen LogP contribution in [0, 0.1) is 10.1 Å². The highest BCUT2D eigenvalue weighted by atomic mass is 32.2. The number of nitrogens with zero attached hydrogens (tertiary/aromatic N) is 3. The Balaban J connectivity index is 1.55. The molecule has 2 heterocycles. The van der Waals surface area contributed by atoms with Crippen molar-refractivity contribution >= 4 is 27.2 Å². The van der Waals surface area contributed by atoms with Crippen LogP contribution in [0.5, 0.6) is 0 Å². The number of hydrogen-bond acceptors (Lipinski definition) is 6. The lowest BCUT2D eigenvalue weighted by Crippen LogP contribution is -2.16. The number of benzene rings is 2. The van der Waals surface area contributed by atoms with Crippen LogP contribution in [-0.4, -0.2) is 29.0 Å². The maximum Gasteiger partial charge on any atom is 0.269 e. The van der Waals surface area contributed by atoms with E-state index in [4.69, 9.17) is 0 Å². The largest absolute Gasteiger partial charge is 0.310 e. The van der Waals surface area contributed by atoms with E-state index in [0.717, 1.165) is 12.0 Å². The molecule has 0 bridgehead atoms. The number of rotatable bonds is 7. The summed E-state index contributed by atoms with van der Waals surface area (Å²) in [5.74, 6) is -0.338. The van der Waals surface area contributed by atoms with Gasteiger partial charge in [-0.2, -0.15) is 5.10 Å². The number of fused-ring (bicyclic) bond motifs is 1. The van der Waals surface area contributed by atoms with Gasteiger partial charge in [0, 0.05) is 24.1 Å². The van der Waals surface area contributed by atoms with Gasteiger partial charge >= 0.3 is 0 Å². The molecular weight excluding hydrogens is 420 g/mol. The first-order chi connectivity index (χ1) is 14.8. The molecule has 0 unspecified atom stereocenters. The average molecular weight is 440 g/mol. The smallest absolute Gasteiger partial charge is 0.269 e. The molecule has 0 fully saturated rings. The Labute approximate surface area is 178 Å². The van der Waals surface area contributed by atoms with E-state index in [1.165, 1.54) is 28.9 Å². The van der Waals surface area contributed by atoms with Crippen LogP contribution in [0.2, 0.25) is 0 Å². The number of non-ortho nitro benzene ring substituents is 1. The highest BCUT2D eigenvalue weighted by Gasteiger charge is 2.33. The van der Waals surface area contributed by atoms with Gasteiger partial charge in [-0.3, -0.25) is 14.9 Å². The summed E-state index contributed by atoms with van der Waals surface area (Å²) in [6.07, 6.45) is 1.66. The Kier molecular flexibility index (Phi) is 5.55. The first kappa shape index (κ1) is 20.7. The van der Waals surface area contributed by atoms with E-state index in [1.54, 1.807) is 0 Å². The van der Waals surface area contributed by atoms with Gasteiger partial charge in [0.2, 0.25) is 5.91 Å². The van der Waals surface area contributed by atoms with Gasteiger partial charge in [-0.25, -0.2) is 13.1 Å². The lowest BCUT2D eigenvalue weighted by atomic mass is 10.1. The molecule has 31 heavy (non-hydrogen) atoms. The average Bonchev–Trinajstić information content (AvgIpc) is 3.21. The van der Waals surface area contributed by atoms with E-state index in [2.05, 4.69) is 10.4 Å². The Bertz CT molecular complexity index is 1230. The van der Waals surface area contributed by atoms with Crippen LogP contribution in [0.15, 0.2) is 54.6 Å². The second-order valence-electron chi connectivity index (χ2n) is 7.38. The Morgan fingerprint density at radius 3 is 2.48 bits per heavy atom. The molecule has 0 saturated carbocycles. The molecule has 1 N–H and O–H groups in total. The molecule has 1 aliphatic rings. The quantitative estimate of drug-likeness (QED) is 0.444. The van der Waals surface area contributed by atoms with Gasteiger partial charge in [-0.1, -0.05) is 30.3 Å². The molecule has 1 amide bonds. The second-order valence-corrected chi connectivity index (χ2v) is 9.44. The van der Waals surface area contributed by atoms with Crippen molar-refractivity contribution in [2.24, 2.45) is 0 Å². The standard InChI is InChI=1S/C21H20N4O5S/c26-20(8-4-7-15-5-2-1-3-6-15)22-21-18-13-31(29,30)14-19(18)23-24(21)16-9-11-17(12-10-16)25(27)28/h1-3,5-6,9-12H,4,7-8,13-14H2,(H,22,26). The monoisotopic (exact) mass is 440 g/mol. The fourth-order valence-electron chi connectivity index (χ4n) is 3.57. The van der Waals surface area contributed by atoms with Gasteiger partial charge in [-0.15, -0.1) is 0 Å². The van der Waals surface area contributed by atoms with Crippen molar-refractivity contribution in [1.29, 1.82) is 0 Å². The molecule has 0 atom stereocenters. The zero-order valence-electron chi connectivity index (χ0n) is 16.5. The van der Waals surface area contributed by atoms with E-state index in [1.807, 2.05) is 30.3 Å². The number of nitro groups is 1. The number of nitro benzene ring substituents is 1. The van der Waals surface area contributed by atoms with Gasteiger partial charge in [0.05, 0.1) is 27.8 Å². The number of carbonyl (C=O) groups is 1. The lowest BCUT2D eigenvalue weighted by Gasteiger charge is -2.11. The SMILES string of the molecule is O=C(CCCc1ccccc1)Nc1c2c(nn1-c1ccc([N+](=O)[O-])cc1)CS(=O)(=O)C2. The minimum atomic E-state index is -3.31. The maximum atomic E-state index is 12.6. The molecule has 9 nitrogen and oxygen atoms in total. The molecule has 1 aromatic heterocycles. The van der Waals surface area contributed by atoms with Crippen molar-refractivity contribution in [2.75, 3.05) is 5.32 Å². The zero-order chi connectivity index (χ0) is 22.0. The molecule has 1 aliphatic heterocycles. The molecule has 0 saturated heterocycles. The highest BCUT2D eigenvalue weighted by Crippen LogP contribution is 2.33. The van der Waals surface area contributed by atoms with Gasteiger partial charge in [0.15, 0.2) is 9.84 Å². The Morgan fingerprint density at radius 2 is 1.81 bits per heavy atom. The summed E-state index contributed by atoms with van der Waals surface area (Å²) >= 11 is 0. The Hall–Kier alpha value is -3.53. The third-order valence-electron chi connectivity index (χ3n) is 5.06. The number of hydrogen-bond donors (Lipinski definition) is 1. The zero-order valence-corrected chi connectivity index (χ0v) is 17.3. The van der Waals surface area contributed by atoms with Gasteiger partial charge in [0.25, 0.3) is 5.69 Å². The van der Waals surface area contributed by atoms with Crippen molar-refractivity contribution in [3.63, 3.8) is 0 Å². The summed E-state index contributed by atoms with van der Waals surface area (Å²) in [5, 5.41) is 18.1. The van der Waals surface area contributed by atoms with Crippen LogP contribution >= 0.6 is 0 Å². The van der Waals surface area contributed by atoms with E-state index >= 15 is 0 Å². The fourth-order valence-corrected chi connectivity index (χ4v) is 5.06. The summed E-state index contributed by atoms with van der Waals surface area (Å²) in [6.45, 7) is 0. The minimum absolute atomic E-state index is 0.0717. The number of sulfone groups is 1. The van der Waals surface area contributed by atoms with Crippen molar-refractivity contribution in [3.8, 4) is 5.69 Å². The third kappa shape index (κ3) is 4.64. The van der Waals surface area contributed by atoms with Crippen molar-refractivity contribution in [1.82, 2.24) is 9.78 Å². The van der Waals surface area contributed by atoms with Crippen molar-refractivity contribution < 1.29 is 18.1 Å². The predicted molar refractivity (Wildman–Crippen MR) is 115 cm³/mol. The van der Waals surface area contributed by atoms with Crippen LogP contribution in [-0.2, 0) is 32.6 Å². The summed E-state index contributed by atoms with van der Waals surface area (Å²) < 4.78 is 25.5. The first-order valence-corrected chi connectivity index (χ1v) is 11.5.